The molecule has 0 spiro atoms. The van der Waals surface area contributed by atoms with Crippen LogP contribution in [0.1, 0.15) is 21.5 Å². The van der Waals surface area contributed by atoms with Crippen molar-refractivity contribution in [1.29, 1.82) is 0 Å². The van der Waals surface area contributed by atoms with Crippen molar-refractivity contribution in [2.24, 2.45) is 0 Å². The van der Waals surface area contributed by atoms with Crippen LogP contribution in [0.2, 0.25) is 0 Å². The summed E-state index contributed by atoms with van der Waals surface area (Å²) in [5, 5.41) is 9.68. The summed E-state index contributed by atoms with van der Waals surface area (Å²) >= 11 is 0. The number of benzene rings is 3. The van der Waals surface area contributed by atoms with Gasteiger partial charge in [-0.05, 0) is 53.9 Å². The maximum absolute atomic E-state index is 13.9. The minimum Gasteiger partial charge on any atom is -0.403 e. The lowest BCUT2D eigenvalue weighted by Crippen LogP contribution is -2.35. The fraction of sp³-hybridized carbons (Fsp3) is 0.125. The fourth-order valence-corrected chi connectivity index (χ4v) is 5.24. The molecule has 0 saturated carbocycles. The molecule has 0 saturated heterocycles. The Morgan fingerprint density at radius 2 is 1.71 bits per heavy atom. The van der Waals surface area contributed by atoms with E-state index in [1.807, 2.05) is 24.3 Å². The Balaban J connectivity index is 1.28. The summed E-state index contributed by atoms with van der Waals surface area (Å²) in [7, 11) is -3.74. The van der Waals surface area contributed by atoms with Gasteiger partial charge in [-0.2, -0.15) is 4.31 Å². The van der Waals surface area contributed by atoms with Crippen LogP contribution < -0.4 is 5.32 Å². The lowest BCUT2D eigenvalue weighted by molar-refractivity contribution is 0.102. The van der Waals surface area contributed by atoms with Crippen LogP contribution in [0, 0.1) is 11.6 Å². The van der Waals surface area contributed by atoms with E-state index in [4.69, 9.17) is 4.42 Å². The number of hydrogen-bond donors (Lipinski definition) is 1. The van der Waals surface area contributed by atoms with E-state index in [0.717, 1.165) is 23.3 Å². The highest BCUT2D eigenvalue weighted by Crippen LogP contribution is 2.26. The zero-order valence-corrected chi connectivity index (χ0v) is 18.9. The Morgan fingerprint density at radius 3 is 2.46 bits per heavy atom. The van der Waals surface area contributed by atoms with Gasteiger partial charge in [0.05, 0.1) is 10.5 Å². The third-order valence-corrected chi connectivity index (χ3v) is 7.52. The highest BCUT2D eigenvalue weighted by Gasteiger charge is 2.28. The summed E-state index contributed by atoms with van der Waals surface area (Å²) in [6.45, 7) is 0.657. The van der Waals surface area contributed by atoms with E-state index in [2.05, 4.69) is 15.5 Å². The van der Waals surface area contributed by atoms with Crippen molar-refractivity contribution in [2.45, 2.75) is 17.9 Å². The molecule has 11 heteroatoms. The Morgan fingerprint density at radius 1 is 0.971 bits per heavy atom. The summed E-state index contributed by atoms with van der Waals surface area (Å²) in [4.78, 5) is 12.6. The second kappa shape index (κ2) is 9.01. The average molecular weight is 496 g/mol. The lowest BCUT2D eigenvalue weighted by atomic mass is 10.0. The SMILES string of the molecule is O=C(Nc1nnc(-c2ccc(F)cc2F)o1)c1ccc(S(=O)(=O)N2CCc3ccccc3C2)cc1. The summed E-state index contributed by atoms with van der Waals surface area (Å²) in [6, 6.07) is 15.8. The molecule has 2 heterocycles. The zero-order valence-electron chi connectivity index (χ0n) is 18.1. The highest BCUT2D eigenvalue weighted by atomic mass is 32.2. The lowest BCUT2D eigenvalue weighted by Gasteiger charge is -2.28. The van der Waals surface area contributed by atoms with E-state index >= 15 is 0 Å². The van der Waals surface area contributed by atoms with Gasteiger partial charge in [0.2, 0.25) is 10.0 Å². The van der Waals surface area contributed by atoms with Crippen LogP contribution in [-0.2, 0) is 23.0 Å². The van der Waals surface area contributed by atoms with E-state index in [-0.39, 0.29) is 34.5 Å². The molecule has 4 aromatic rings. The maximum atomic E-state index is 13.9. The monoisotopic (exact) mass is 496 g/mol. The molecule has 178 valence electrons. The molecule has 0 radical (unpaired) electrons. The number of nitrogens with one attached hydrogen (secondary N) is 1. The molecule has 0 atom stereocenters. The predicted octanol–water partition coefficient (Wildman–Crippen LogP) is 4.01. The third kappa shape index (κ3) is 4.55. The van der Waals surface area contributed by atoms with Gasteiger partial charge < -0.3 is 4.42 Å². The third-order valence-electron chi connectivity index (χ3n) is 5.66. The second-order valence-electron chi connectivity index (χ2n) is 7.87. The van der Waals surface area contributed by atoms with E-state index in [1.165, 1.54) is 28.6 Å². The van der Waals surface area contributed by atoms with Crippen LogP contribution >= 0.6 is 0 Å². The van der Waals surface area contributed by atoms with Gasteiger partial charge in [0.1, 0.15) is 11.6 Å². The Labute approximate surface area is 199 Å². The van der Waals surface area contributed by atoms with Gasteiger partial charge in [-0.1, -0.05) is 29.4 Å². The van der Waals surface area contributed by atoms with Gasteiger partial charge in [0.15, 0.2) is 0 Å². The van der Waals surface area contributed by atoms with Crippen molar-refractivity contribution in [3.8, 4) is 11.5 Å². The van der Waals surface area contributed by atoms with Crippen molar-refractivity contribution in [3.63, 3.8) is 0 Å². The van der Waals surface area contributed by atoms with Crippen LogP contribution in [0.5, 0.6) is 0 Å². The molecule has 0 aliphatic carbocycles. The van der Waals surface area contributed by atoms with E-state index in [0.29, 0.717) is 19.0 Å². The minimum atomic E-state index is -3.74. The average Bonchev–Trinajstić information content (AvgIpc) is 3.31. The normalized spacial score (nSPS) is 13.9. The standard InChI is InChI=1S/C24H18F2N4O4S/c25-18-7-10-20(21(26)13-18)23-28-29-24(34-23)27-22(31)16-5-8-19(9-6-16)35(32,33)30-12-11-15-3-1-2-4-17(15)14-30/h1-10,13H,11-12,14H2,(H,27,29,31). The topological polar surface area (TPSA) is 105 Å². The van der Waals surface area contributed by atoms with Gasteiger partial charge in [0.25, 0.3) is 11.8 Å². The number of halogens is 2. The van der Waals surface area contributed by atoms with Crippen molar-refractivity contribution in [1.82, 2.24) is 14.5 Å². The number of nitrogens with zero attached hydrogens (tertiary/aromatic N) is 3. The van der Waals surface area contributed by atoms with Crippen LogP contribution in [-0.4, -0.2) is 35.4 Å². The zero-order chi connectivity index (χ0) is 24.6. The molecule has 5 rings (SSSR count). The van der Waals surface area contributed by atoms with Crippen molar-refractivity contribution >= 4 is 21.9 Å². The number of amides is 1. The van der Waals surface area contributed by atoms with Crippen LogP contribution in [0.3, 0.4) is 0 Å². The van der Waals surface area contributed by atoms with Crippen molar-refractivity contribution in [3.05, 3.63) is 95.1 Å². The van der Waals surface area contributed by atoms with Gasteiger partial charge in [-0.15, -0.1) is 5.10 Å². The first kappa shape index (κ1) is 22.8. The number of anilines is 1. The van der Waals surface area contributed by atoms with Gasteiger partial charge >= 0.3 is 6.01 Å². The van der Waals surface area contributed by atoms with Crippen molar-refractivity contribution < 1.29 is 26.4 Å². The minimum absolute atomic E-state index is 0.0697. The number of rotatable bonds is 5. The number of aromatic nitrogens is 2. The van der Waals surface area contributed by atoms with Crippen LogP contribution in [0.15, 0.2) is 76.0 Å². The molecule has 0 bridgehead atoms. The van der Waals surface area contributed by atoms with E-state index in [1.54, 1.807) is 0 Å². The fourth-order valence-electron chi connectivity index (χ4n) is 3.82. The summed E-state index contributed by atoms with van der Waals surface area (Å²) in [6.07, 6.45) is 0.629. The molecule has 1 aliphatic heterocycles. The molecule has 1 aromatic heterocycles. The molecular weight excluding hydrogens is 478 g/mol. The molecule has 0 fully saturated rings. The van der Waals surface area contributed by atoms with E-state index in [9.17, 15) is 22.0 Å². The number of hydrogen-bond acceptors (Lipinski definition) is 6. The number of carbonyl (C=O) groups excluding carboxylic acids is 1. The molecule has 1 aliphatic rings. The first-order valence-corrected chi connectivity index (χ1v) is 12.0. The Kier molecular flexibility index (Phi) is 5.87. The number of carbonyl (C=O) groups is 1. The van der Waals surface area contributed by atoms with E-state index < -0.39 is 27.6 Å². The summed E-state index contributed by atoms with van der Waals surface area (Å²) in [5.74, 6) is -2.51. The van der Waals surface area contributed by atoms with Crippen molar-refractivity contribution in [2.75, 3.05) is 11.9 Å². The smallest absolute Gasteiger partial charge is 0.322 e. The van der Waals surface area contributed by atoms with Crippen LogP contribution in [0.4, 0.5) is 14.8 Å². The second-order valence-corrected chi connectivity index (χ2v) is 9.81. The summed E-state index contributed by atoms with van der Waals surface area (Å²) in [5.41, 5.74) is 2.14. The van der Waals surface area contributed by atoms with Gasteiger partial charge in [0, 0.05) is 24.7 Å². The maximum Gasteiger partial charge on any atom is 0.322 e. The summed E-state index contributed by atoms with van der Waals surface area (Å²) < 4.78 is 59.8. The Hall–Kier alpha value is -3.96. The first-order chi connectivity index (χ1) is 16.8. The number of fused-ring (bicyclic) bond motifs is 1. The first-order valence-electron chi connectivity index (χ1n) is 10.6. The van der Waals surface area contributed by atoms with Crippen LogP contribution in [0.25, 0.3) is 11.5 Å². The number of sulfonamides is 1. The molecule has 3 aromatic carbocycles. The van der Waals surface area contributed by atoms with Gasteiger partial charge in [-0.25, -0.2) is 17.2 Å². The molecular formula is C24H18F2N4O4S. The quantitative estimate of drug-likeness (QED) is 0.448. The Bertz CT molecular complexity index is 1520. The molecule has 1 amide bonds. The molecule has 1 N–H and O–H groups in total. The van der Waals surface area contributed by atoms with Gasteiger partial charge in [-0.3, -0.25) is 10.1 Å². The molecule has 0 unspecified atom stereocenters. The molecule has 8 nitrogen and oxygen atoms in total. The predicted molar refractivity (Wildman–Crippen MR) is 122 cm³/mol. The molecule has 35 heavy (non-hydrogen) atoms. The highest BCUT2D eigenvalue weighted by molar-refractivity contribution is 7.89. The largest absolute Gasteiger partial charge is 0.403 e.